The summed E-state index contributed by atoms with van der Waals surface area (Å²) in [6, 6.07) is 18.7. The number of hydrogen-bond acceptors (Lipinski definition) is 3. The predicted octanol–water partition coefficient (Wildman–Crippen LogP) is 3.39. The Balaban J connectivity index is 1.60. The molecule has 1 saturated heterocycles. The molecule has 4 rings (SSSR count). The molecule has 28 heavy (non-hydrogen) atoms. The van der Waals surface area contributed by atoms with E-state index in [1.165, 1.54) is 12.0 Å². The van der Waals surface area contributed by atoms with E-state index in [1.807, 2.05) is 41.2 Å². The van der Waals surface area contributed by atoms with Crippen molar-refractivity contribution < 1.29 is 4.79 Å². The monoisotopic (exact) mass is 374 g/mol. The Kier molecular flexibility index (Phi) is 5.53. The van der Waals surface area contributed by atoms with Gasteiger partial charge in [-0.3, -0.25) is 9.48 Å². The molecule has 1 unspecified atom stereocenters. The molecule has 2 N–H and O–H groups in total. The summed E-state index contributed by atoms with van der Waals surface area (Å²) in [4.78, 5) is 12.9. The highest BCUT2D eigenvalue weighted by Gasteiger charge is 2.20. The molecular weight excluding hydrogens is 348 g/mol. The molecule has 0 spiro atoms. The van der Waals surface area contributed by atoms with Crippen LogP contribution in [0.25, 0.3) is 11.3 Å². The molecular formula is C23H26N4O. The van der Waals surface area contributed by atoms with Gasteiger partial charge >= 0.3 is 0 Å². The number of nitrogens with one attached hydrogen (secondary N) is 2. The summed E-state index contributed by atoms with van der Waals surface area (Å²) in [6.07, 6.45) is 4.14. The summed E-state index contributed by atoms with van der Waals surface area (Å²) in [6.45, 7) is 4.37. The van der Waals surface area contributed by atoms with Crippen molar-refractivity contribution in [2.24, 2.45) is 0 Å². The standard InChI is InChI=1S/C23H26N4O/c1-17-9-11-19(12-10-17)22-21(23(28)25-14-20-8-5-13-24-20)16-27(26-22)15-18-6-3-2-4-7-18/h2-4,6-7,9-12,16,20,24H,5,8,13-15H2,1H3,(H,25,28). The Morgan fingerprint density at radius 3 is 2.68 bits per heavy atom. The summed E-state index contributed by atoms with van der Waals surface area (Å²) >= 11 is 0. The maximum Gasteiger partial charge on any atom is 0.255 e. The first kappa shape index (κ1) is 18.4. The number of carbonyl (C=O) groups excluding carboxylic acids is 1. The quantitative estimate of drug-likeness (QED) is 0.695. The Morgan fingerprint density at radius 2 is 1.96 bits per heavy atom. The molecule has 0 radical (unpaired) electrons. The third kappa shape index (κ3) is 4.31. The number of amides is 1. The first-order valence-corrected chi connectivity index (χ1v) is 9.89. The number of hydrogen-bond donors (Lipinski definition) is 2. The van der Waals surface area contributed by atoms with Crippen LogP contribution in [0.15, 0.2) is 60.8 Å². The van der Waals surface area contributed by atoms with Gasteiger partial charge in [0.15, 0.2) is 0 Å². The molecule has 2 heterocycles. The largest absolute Gasteiger partial charge is 0.350 e. The maximum absolute atomic E-state index is 12.9. The Morgan fingerprint density at radius 1 is 1.18 bits per heavy atom. The van der Waals surface area contributed by atoms with Gasteiger partial charge in [-0.2, -0.15) is 5.10 Å². The molecule has 3 aromatic rings. The van der Waals surface area contributed by atoms with Gasteiger partial charge in [0.25, 0.3) is 5.91 Å². The van der Waals surface area contributed by atoms with Crippen LogP contribution in [0.1, 0.15) is 34.3 Å². The SMILES string of the molecule is Cc1ccc(-c2nn(Cc3ccccc3)cc2C(=O)NCC2CCCN2)cc1. The van der Waals surface area contributed by atoms with Crippen LogP contribution in [0, 0.1) is 6.92 Å². The van der Waals surface area contributed by atoms with Crippen LogP contribution in [0.2, 0.25) is 0 Å². The Labute approximate surface area is 165 Å². The van der Waals surface area contributed by atoms with Gasteiger partial charge < -0.3 is 10.6 Å². The molecule has 1 aliphatic rings. The van der Waals surface area contributed by atoms with E-state index in [0.717, 1.165) is 29.8 Å². The molecule has 0 bridgehead atoms. The summed E-state index contributed by atoms with van der Waals surface area (Å²) in [5.41, 5.74) is 4.65. The van der Waals surface area contributed by atoms with Crippen LogP contribution in [-0.4, -0.2) is 34.8 Å². The van der Waals surface area contributed by atoms with E-state index in [2.05, 4.69) is 41.8 Å². The lowest BCUT2D eigenvalue weighted by Crippen LogP contribution is -2.37. The van der Waals surface area contributed by atoms with Crippen molar-refractivity contribution in [2.45, 2.75) is 32.4 Å². The smallest absolute Gasteiger partial charge is 0.255 e. The van der Waals surface area contributed by atoms with E-state index >= 15 is 0 Å². The lowest BCUT2D eigenvalue weighted by molar-refractivity contribution is 0.0951. The molecule has 1 aromatic heterocycles. The lowest BCUT2D eigenvalue weighted by atomic mass is 10.1. The van der Waals surface area contributed by atoms with Crippen LogP contribution in [0.4, 0.5) is 0 Å². The summed E-state index contributed by atoms with van der Waals surface area (Å²) < 4.78 is 1.85. The second-order valence-corrected chi connectivity index (χ2v) is 7.44. The summed E-state index contributed by atoms with van der Waals surface area (Å²) in [7, 11) is 0. The van der Waals surface area contributed by atoms with Crippen molar-refractivity contribution in [1.29, 1.82) is 0 Å². The summed E-state index contributed by atoms with van der Waals surface area (Å²) in [5, 5.41) is 11.2. The fourth-order valence-electron chi connectivity index (χ4n) is 3.61. The van der Waals surface area contributed by atoms with E-state index in [-0.39, 0.29) is 5.91 Å². The van der Waals surface area contributed by atoms with Gasteiger partial charge in [0.05, 0.1) is 12.1 Å². The molecule has 5 heteroatoms. The van der Waals surface area contributed by atoms with Crippen LogP contribution < -0.4 is 10.6 Å². The fourth-order valence-corrected chi connectivity index (χ4v) is 3.61. The maximum atomic E-state index is 12.9. The molecule has 0 saturated carbocycles. The first-order chi connectivity index (χ1) is 13.7. The van der Waals surface area contributed by atoms with E-state index in [0.29, 0.717) is 24.7 Å². The van der Waals surface area contributed by atoms with Crippen molar-refractivity contribution >= 4 is 5.91 Å². The molecule has 5 nitrogen and oxygen atoms in total. The molecule has 1 amide bonds. The third-order valence-corrected chi connectivity index (χ3v) is 5.19. The van der Waals surface area contributed by atoms with Crippen molar-refractivity contribution in [3.05, 3.63) is 77.5 Å². The van der Waals surface area contributed by atoms with Crippen LogP contribution in [-0.2, 0) is 6.54 Å². The zero-order chi connectivity index (χ0) is 19.3. The molecule has 1 atom stereocenters. The van der Waals surface area contributed by atoms with Gasteiger partial charge in [0.1, 0.15) is 5.69 Å². The molecule has 144 valence electrons. The number of nitrogens with zero attached hydrogens (tertiary/aromatic N) is 2. The number of aryl methyl sites for hydroxylation is 1. The van der Waals surface area contributed by atoms with Crippen molar-refractivity contribution in [3.63, 3.8) is 0 Å². The van der Waals surface area contributed by atoms with Gasteiger partial charge in [-0.1, -0.05) is 60.2 Å². The molecule has 1 aliphatic heterocycles. The highest BCUT2D eigenvalue weighted by atomic mass is 16.1. The van der Waals surface area contributed by atoms with Crippen LogP contribution in [0.5, 0.6) is 0 Å². The zero-order valence-corrected chi connectivity index (χ0v) is 16.2. The van der Waals surface area contributed by atoms with Crippen molar-refractivity contribution in [3.8, 4) is 11.3 Å². The molecule has 1 fully saturated rings. The molecule has 2 aromatic carbocycles. The van der Waals surface area contributed by atoms with Crippen LogP contribution in [0.3, 0.4) is 0 Å². The highest BCUT2D eigenvalue weighted by Crippen LogP contribution is 2.23. The van der Waals surface area contributed by atoms with Gasteiger partial charge in [0.2, 0.25) is 0 Å². The summed E-state index contributed by atoms with van der Waals surface area (Å²) in [5.74, 6) is -0.0661. The average molecular weight is 374 g/mol. The van der Waals surface area contributed by atoms with E-state index < -0.39 is 0 Å². The lowest BCUT2D eigenvalue weighted by Gasteiger charge is -2.11. The van der Waals surface area contributed by atoms with E-state index in [9.17, 15) is 4.79 Å². The van der Waals surface area contributed by atoms with Crippen molar-refractivity contribution in [1.82, 2.24) is 20.4 Å². The number of rotatable bonds is 6. The first-order valence-electron chi connectivity index (χ1n) is 9.89. The highest BCUT2D eigenvalue weighted by molar-refractivity contribution is 5.99. The Bertz CT molecular complexity index is 925. The second-order valence-electron chi connectivity index (χ2n) is 7.44. The topological polar surface area (TPSA) is 59.0 Å². The van der Waals surface area contributed by atoms with Crippen molar-refractivity contribution in [2.75, 3.05) is 13.1 Å². The van der Waals surface area contributed by atoms with Gasteiger partial charge in [-0.15, -0.1) is 0 Å². The number of aromatic nitrogens is 2. The fraction of sp³-hybridized carbons (Fsp3) is 0.304. The van der Waals surface area contributed by atoms with E-state index in [1.54, 1.807) is 0 Å². The zero-order valence-electron chi connectivity index (χ0n) is 16.2. The van der Waals surface area contributed by atoms with Gasteiger partial charge in [-0.25, -0.2) is 0 Å². The minimum atomic E-state index is -0.0661. The second kappa shape index (κ2) is 8.40. The molecule has 0 aliphatic carbocycles. The normalized spacial score (nSPS) is 16.2. The third-order valence-electron chi connectivity index (χ3n) is 5.19. The number of carbonyl (C=O) groups is 1. The van der Waals surface area contributed by atoms with Gasteiger partial charge in [-0.05, 0) is 31.9 Å². The van der Waals surface area contributed by atoms with E-state index in [4.69, 9.17) is 5.10 Å². The number of benzene rings is 2. The Hall–Kier alpha value is -2.92. The van der Waals surface area contributed by atoms with Crippen LogP contribution >= 0.6 is 0 Å². The average Bonchev–Trinajstić information content (AvgIpc) is 3.38. The minimum absolute atomic E-state index is 0.0661. The van der Waals surface area contributed by atoms with Gasteiger partial charge in [0, 0.05) is 24.3 Å². The minimum Gasteiger partial charge on any atom is -0.350 e. The predicted molar refractivity (Wildman–Crippen MR) is 111 cm³/mol.